The number of aliphatic hydroxyl groups excluding tert-OH is 1. The van der Waals surface area contributed by atoms with Gasteiger partial charge in [0.2, 0.25) is 0 Å². The average Bonchev–Trinajstić information content (AvgIpc) is 2.04. The van der Waals surface area contributed by atoms with E-state index in [1.807, 2.05) is 0 Å². The molecule has 1 heterocycles. The van der Waals surface area contributed by atoms with Crippen LogP contribution in [0.4, 0.5) is 5.69 Å². The first kappa shape index (κ1) is 7.03. The lowest BCUT2D eigenvalue weighted by molar-refractivity contribution is 0.0995. The van der Waals surface area contributed by atoms with Gasteiger partial charge in [0.05, 0.1) is 12.1 Å². The lowest BCUT2D eigenvalue weighted by Crippen LogP contribution is -2.11. The molecule has 0 amide bonds. The minimum atomic E-state index is -0.0984. The van der Waals surface area contributed by atoms with Gasteiger partial charge in [-0.1, -0.05) is 12.1 Å². The largest absolute Gasteiger partial charge is 0.496 e. The third-order valence-electron chi connectivity index (χ3n) is 1.77. The Kier molecular flexibility index (Phi) is 1.43. The van der Waals surface area contributed by atoms with Crippen LogP contribution >= 0.6 is 0 Å². The summed E-state index contributed by atoms with van der Waals surface area (Å²) < 4.78 is 0. The molecule has 0 saturated carbocycles. The van der Waals surface area contributed by atoms with E-state index >= 15 is 0 Å². The van der Waals surface area contributed by atoms with Crippen molar-refractivity contribution in [3.8, 4) is 0 Å². The Morgan fingerprint density at radius 2 is 2.08 bits per heavy atom. The van der Waals surface area contributed by atoms with Crippen molar-refractivity contribution in [3.63, 3.8) is 0 Å². The van der Waals surface area contributed by atoms with E-state index in [1.54, 1.807) is 24.3 Å². The van der Waals surface area contributed by atoms with Crippen molar-refractivity contribution >= 4 is 17.4 Å². The maximum absolute atomic E-state index is 11.3. The van der Waals surface area contributed by atoms with Crippen LogP contribution in [0.5, 0.6) is 0 Å². The van der Waals surface area contributed by atoms with Crippen molar-refractivity contribution in [1.29, 1.82) is 0 Å². The van der Waals surface area contributed by atoms with Gasteiger partial charge in [0.25, 0.3) is 0 Å². The van der Waals surface area contributed by atoms with E-state index in [0.29, 0.717) is 11.3 Å². The fourth-order valence-electron chi connectivity index (χ4n) is 1.22. The van der Waals surface area contributed by atoms with Crippen LogP contribution in [0.25, 0.3) is 0 Å². The Morgan fingerprint density at radius 1 is 1.33 bits per heavy atom. The van der Waals surface area contributed by atoms with Crippen LogP contribution in [-0.2, 0) is 0 Å². The topological polar surface area (TPSA) is 49.7 Å². The molecule has 1 aliphatic rings. The van der Waals surface area contributed by atoms with Gasteiger partial charge in [-0.15, -0.1) is 0 Å². The third-order valence-corrected chi connectivity index (χ3v) is 1.77. The molecule has 1 aromatic carbocycles. The second kappa shape index (κ2) is 2.44. The predicted molar refractivity (Wildman–Crippen MR) is 45.1 cm³/mol. The number of fused-ring (bicyclic) bond motifs is 1. The van der Waals surface area contributed by atoms with Gasteiger partial charge in [0.15, 0.2) is 11.7 Å². The number of hydrogen-bond donors (Lipinski definition) is 1. The number of nitrogens with zero attached hydrogens (tertiary/aromatic N) is 1. The summed E-state index contributed by atoms with van der Waals surface area (Å²) in [5, 5.41) is 9.06. The minimum Gasteiger partial charge on any atom is -0.496 e. The van der Waals surface area contributed by atoms with Gasteiger partial charge < -0.3 is 5.11 Å². The zero-order valence-electron chi connectivity index (χ0n) is 6.32. The van der Waals surface area contributed by atoms with Crippen molar-refractivity contribution in [3.05, 3.63) is 29.8 Å². The molecule has 3 heteroatoms. The van der Waals surface area contributed by atoms with E-state index in [2.05, 4.69) is 4.99 Å². The van der Waals surface area contributed by atoms with Crippen molar-refractivity contribution in [2.75, 3.05) is 0 Å². The highest BCUT2D eigenvalue weighted by Crippen LogP contribution is 2.24. The van der Waals surface area contributed by atoms with Crippen LogP contribution < -0.4 is 0 Å². The normalized spacial score (nSPS) is 15.3. The number of ketones is 1. The Hall–Kier alpha value is -1.64. The van der Waals surface area contributed by atoms with Crippen molar-refractivity contribution in [1.82, 2.24) is 0 Å². The first-order chi connectivity index (χ1) is 5.77. The molecule has 12 heavy (non-hydrogen) atoms. The molecule has 0 spiro atoms. The van der Waals surface area contributed by atoms with E-state index in [4.69, 9.17) is 5.11 Å². The van der Waals surface area contributed by atoms with Gasteiger partial charge in [-0.2, -0.15) is 0 Å². The molecule has 0 saturated heterocycles. The summed E-state index contributed by atoms with van der Waals surface area (Å²) in [6.45, 7) is 0. The zero-order chi connectivity index (χ0) is 8.55. The van der Waals surface area contributed by atoms with E-state index in [-0.39, 0.29) is 18.1 Å². The molecule has 1 aromatic rings. The van der Waals surface area contributed by atoms with Crippen LogP contribution in [0.1, 0.15) is 16.8 Å². The molecule has 60 valence electrons. The molecule has 1 aliphatic heterocycles. The fourth-order valence-corrected chi connectivity index (χ4v) is 1.22. The molecule has 0 bridgehead atoms. The third kappa shape index (κ3) is 0.993. The summed E-state index contributed by atoms with van der Waals surface area (Å²) >= 11 is 0. The number of Topliss-reactive ketones (excluding diaryl/α,β-unsaturated/α-hetero) is 1. The molecular weight excluding hydrogens is 154 g/mol. The van der Waals surface area contributed by atoms with Gasteiger partial charge >= 0.3 is 0 Å². The zero-order valence-corrected chi connectivity index (χ0v) is 6.32. The Balaban J connectivity index is 2.62. The maximum atomic E-state index is 11.3. The van der Waals surface area contributed by atoms with Gasteiger partial charge in [-0.25, -0.2) is 4.99 Å². The number of benzene rings is 1. The van der Waals surface area contributed by atoms with E-state index < -0.39 is 0 Å². The number of carbonyl (C=O) groups excluding carboxylic acids is 1. The Bertz CT molecular complexity index is 369. The van der Waals surface area contributed by atoms with Crippen molar-refractivity contribution in [2.45, 2.75) is 6.42 Å². The molecule has 2 rings (SSSR count). The molecule has 0 aliphatic carbocycles. The van der Waals surface area contributed by atoms with Crippen LogP contribution in [0.15, 0.2) is 29.3 Å². The standard InChI is InChI=1S/C9H7NO2/c11-8-5-9(12)10-7-4-2-1-3-6(7)8/h1-4H,5H2,(H,10,12). The SMILES string of the molecule is O=C1CC(O)=Nc2ccccc21. The highest BCUT2D eigenvalue weighted by Gasteiger charge is 2.17. The summed E-state index contributed by atoms with van der Waals surface area (Å²) in [4.78, 5) is 15.1. The number of aliphatic imine (C=N–C) groups is 1. The van der Waals surface area contributed by atoms with Gasteiger partial charge in [0.1, 0.15) is 0 Å². The van der Waals surface area contributed by atoms with E-state index in [1.165, 1.54) is 0 Å². The summed E-state index contributed by atoms with van der Waals surface area (Å²) in [6.07, 6.45) is 0.0248. The molecule has 3 nitrogen and oxygen atoms in total. The van der Waals surface area contributed by atoms with Crippen molar-refractivity contribution < 1.29 is 9.90 Å². The monoisotopic (exact) mass is 161 g/mol. The molecule has 1 N–H and O–H groups in total. The maximum Gasteiger partial charge on any atom is 0.193 e. The van der Waals surface area contributed by atoms with Gasteiger partial charge in [-0.05, 0) is 12.1 Å². The number of carbonyl (C=O) groups is 1. The fraction of sp³-hybridized carbons (Fsp3) is 0.111. The highest BCUT2D eigenvalue weighted by molar-refractivity contribution is 6.13. The Morgan fingerprint density at radius 3 is 2.92 bits per heavy atom. The number of rotatable bonds is 0. The van der Waals surface area contributed by atoms with E-state index in [9.17, 15) is 4.79 Å². The van der Waals surface area contributed by atoms with Crippen LogP contribution in [0.2, 0.25) is 0 Å². The van der Waals surface area contributed by atoms with Gasteiger partial charge in [0, 0.05) is 5.56 Å². The van der Waals surface area contributed by atoms with E-state index in [0.717, 1.165) is 0 Å². The first-order valence-corrected chi connectivity index (χ1v) is 3.66. The molecule has 0 aromatic heterocycles. The van der Waals surface area contributed by atoms with Crippen LogP contribution in [0.3, 0.4) is 0 Å². The number of para-hydroxylation sites is 1. The molecular formula is C9H7NO2. The van der Waals surface area contributed by atoms with Gasteiger partial charge in [-0.3, -0.25) is 4.79 Å². The predicted octanol–water partition coefficient (Wildman–Crippen LogP) is 1.86. The average molecular weight is 161 g/mol. The second-order valence-corrected chi connectivity index (χ2v) is 2.65. The second-order valence-electron chi connectivity index (χ2n) is 2.65. The molecule has 0 fully saturated rings. The van der Waals surface area contributed by atoms with Crippen LogP contribution in [-0.4, -0.2) is 16.8 Å². The van der Waals surface area contributed by atoms with Crippen molar-refractivity contribution in [2.24, 2.45) is 4.99 Å². The summed E-state index contributed by atoms with van der Waals surface area (Å²) in [7, 11) is 0. The Labute approximate surface area is 69.4 Å². The molecule has 0 radical (unpaired) electrons. The summed E-state index contributed by atoms with van der Waals surface area (Å²) in [6, 6.07) is 7.00. The number of hydrogen-bond acceptors (Lipinski definition) is 2. The lowest BCUT2D eigenvalue weighted by atomic mass is 10.0. The summed E-state index contributed by atoms with van der Waals surface area (Å²) in [5.41, 5.74) is 1.15. The summed E-state index contributed by atoms with van der Waals surface area (Å²) in [5.74, 6) is -0.170. The first-order valence-electron chi connectivity index (χ1n) is 3.66. The molecule has 0 unspecified atom stereocenters. The number of aliphatic hydroxyl groups is 1. The smallest absolute Gasteiger partial charge is 0.193 e. The minimum absolute atomic E-state index is 0.0248. The molecule has 0 atom stereocenters. The highest BCUT2D eigenvalue weighted by atomic mass is 16.3. The van der Waals surface area contributed by atoms with Crippen LogP contribution in [0, 0.1) is 0 Å². The quantitative estimate of drug-likeness (QED) is 0.631. The lowest BCUT2D eigenvalue weighted by Gasteiger charge is -2.09.